The first-order valence-corrected chi connectivity index (χ1v) is 7.23. The minimum atomic E-state index is -0.921. The number of carboxylic acid groups (broad SMARTS) is 1. The summed E-state index contributed by atoms with van der Waals surface area (Å²) in [4.78, 5) is 11.0. The van der Waals surface area contributed by atoms with Crippen molar-refractivity contribution in [2.75, 3.05) is 7.11 Å². The van der Waals surface area contributed by atoms with E-state index in [2.05, 4.69) is 5.32 Å². The van der Waals surface area contributed by atoms with Crippen molar-refractivity contribution in [1.82, 2.24) is 5.32 Å². The van der Waals surface area contributed by atoms with Gasteiger partial charge in [0.05, 0.1) is 19.6 Å². The van der Waals surface area contributed by atoms with Crippen LogP contribution in [0, 0.1) is 13.8 Å². The third-order valence-electron chi connectivity index (χ3n) is 3.97. The molecule has 0 radical (unpaired) electrons. The average Bonchev–Trinajstić information content (AvgIpc) is 3.23. The molecule has 0 bridgehead atoms. The molecule has 0 aromatic heterocycles. The first-order valence-electron chi connectivity index (χ1n) is 7.23. The summed E-state index contributed by atoms with van der Waals surface area (Å²) in [6, 6.07) is 3.57. The third kappa shape index (κ3) is 3.95. The van der Waals surface area contributed by atoms with Crippen LogP contribution in [0.3, 0.4) is 0 Å². The third-order valence-corrected chi connectivity index (χ3v) is 3.97. The highest BCUT2D eigenvalue weighted by molar-refractivity contribution is 5.67. The topological polar surface area (TPSA) is 78.8 Å². The number of rotatable bonds is 7. The predicted octanol–water partition coefficient (Wildman–Crippen LogP) is 1.94. The summed E-state index contributed by atoms with van der Waals surface area (Å²) in [5, 5.41) is 22.9. The Morgan fingerprint density at radius 3 is 2.52 bits per heavy atom. The molecule has 2 rings (SSSR count). The predicted molar refractivity (Wildman–Crippen MR) is 79.6 cm³/mol. The first kappa shape index (κ1) is 15.8. The van der Waals surface area contributed by atoms with Crippen LogP contribution in [0.25, 0.3) is 0 Å². The van der Waals surface area contributed by atoms with Gasteiger partial charge in [0.2, 0.25) is 0 Å². The van der Waals surface area contributed by atoms with Crippen LogP contribution in [0.2, 0.25) is 0 Å². The van der Waals surface area contributed by atoms with Crippen LogP contribution in [0.15, 0.2) is 12.1 Å². The zero-order valence-corrected chi connectivity index (χ0v) is 12.7. The number of ether oxygens (including phenoxy) is 1. The summed E-state index contributed by atoms with van der Waals surface area (Å²) in [5.74, 6) is -0.325. The van der Waals surface area contributed by atoms with E-state index in [1.54, 1.807) is 7.11 Å². The summed E-state index contributed by atoms with van der Waals surface area (Å²) in [5.41, 5.74) is 2.76. The van der Waals surface area contributed by atoms with Crippen molar-refractivity contribution in [3.05, 3.63) is 28.8 Å². The van der Waals surface area contributed by atoms with Gasteiger partial charge in [0, 0.05) is 17.6 Å². The Hall–Kier alpha value is -1.59. The molecule has 0 amide bonds. The Kier molecular flexibility index (Phi) is 4.85. The monoisotopic (exact) mass is 293 g/mol. The summed E-state index contributed by atoms with van der Waals surface area (Å²) < 4.78 is 5.34. The molecule has 0 spiro atoms. The van der Waals surface area contributed by atoms with Crippen LogP contribution in [0.1, 0.15) is 42.1 Å². The standard InChI is InChI=1S/C16H23NO4/c1-9-6-12(14(21-3)7-10(9)2)16(20)13(8-15(18)19)17-11-4-5-11/h6-7,11,13,16-17,20H,4-5,8H2,1-3H3,(H,18,19). The quantitative estimate of drug-likeness (QED) is 0.716. The molecule has 1 fully saturated rings. The number of carbonyl (C=O) groups is 1. The molecule has 0 saturated heterocycles. The Balaban J connectivity index is 2.27. The molecule has 1 aliphatic rings. The van der Waals surface area contributed by atoms with Gasteiger partial charge in [-0.1, -0.05) is 0 Å². The lowest BCUT2D eigenvalue weighted by atomic mass is 9.95. The fraction of sp³-hybridized carbons (Fsp3) is 0.562. The van der Waals surface area contributed by atoms with Gasteiger partial charge >= 0.3 is 5.97 Å². The van der Waals surface area contributed by atoms with Gasteiger partial charge in [-0.15, -0.1) is 0 Å². The summed E-state index contributed by atoms with van der Waals surface area (Å²) >= 11 is 0. The fourth-order valence-electron chi connectivity index (χ4n) is 2.44. The highest BCUT2D eigenvalue weighted by atomic mass is 16.5. The van der Waals surface area contributed by atoms with E-state index in [1.165, 1.54) is 0 Å². The molecular weight excluding hydrogens is 270 g/mol. The molecule has 1 aliphatic carbocycles. The number of benzene rings is 1. The van der Waals surface area contributed by atoms with Crippen molar-refractivity contribution < 1.29 is 19.7 Å². The van der Waals surface area contributed by atoms with Crippen LogP contribution < -0.4 is 10.1 Å². The number of nitrogens with one attached hydrogen (secondary N) is 1. The van der Waals surface area contributed by atoms with E-state index in [0.717, 1.165) is 24.0 Å². The SMILES string of the molecule is COc1cc(C)c(C)cc1C(O)C(CC(=O)O)NC1CC1. The number of aliphatic carboxylic acids is 1. The maximum Gasteiger partial charge on any atom is 0.305 e. The molecule has 5 nitrogen and oxygen atoms in total. The number of methoxy groups -OCH3 is 1. The molecule has 0 aliphatic heterocycles. The largest absolute Gasteiger partial charge is 0.496 e. The van der Waals surface area contributed by atoms with E-state index < -0.39 is 18.1 Å². The molecule has 2 unspecified atom stereocenters. The Bertz CT molecular complexity index is 525. The van der Waals surface area contributed by atoms with Gasteiger partial charge in [0.1, 0.15) is 5.75 Å². The van der Waals surface area contributed by atoms with Crippen molar-refractivity contribution in [3.63, 3.8) is 0 Å². The Morgan fingerprint density at radius 2 is 2.00 bits per heavy atom. The number of hydrogen-bond donors (Lipinski definition) is 3. The Labute approximate surface area is 124 Å². The van der Waals surface area contributed by atoms with E-state index in [-0.39, 0.29) is 6.42 Å². The second-order valence-corrected chi connectivity index (χ2v) is 5.77. The number of aliphatic hydroxyl groups is 1. The van der Waals surface area contributed by atoms with Gasteiger partial charge < -0.3 is 20.3 Å². The lowest BCUT2D eigenvalue weighted by molar-refractivity contribution is -0.138. The zero-order chi connectivity index (χ0) is 15.6. The molecule has 5 heteroatoms. The fourth-order valence-corrected chi connectivity index (χ4v) is 2.44. The molecule has 1 aromatic rings. The molecule has 21 heavy (non-hydrogen) atoms. The molecule has 1 aromatic carbocycles. The van der Waals surface area contributed by atoms with Crippen molar-refractivity contribution in [2.24, 2.45) is 0 Å². The number of hydrogen-bond acceptors (Lipinski definition) is 4. The smallest absolute Gasteiger partial charge is 0.305 e. The van der Waals surface area contributed by atoms with Crippen LogP contribution >= 0.6 is 0 Å². The highest BCUT2D eigenvalue weighted by Gasteiger charge is 2.32. The van der Waals surface area contributed by atoms with Gasteiger partial charge in [-0.3, -0.25) is 4.79 Å². The van der Waals surface area contributed by atoms with Crippen LogP contribution in [0.5, 0.6) is 5.75 Å². The summed E-state index contributed by atoms with van der Waals surface area (Å²) in [6.45, 7) is 3.94. The molecule has 3 N–H and O–H groups in total. The second-order valence-electron chi connectivity index (χ2n) is 5.77. The molecule has 0 heterocycles. The molecule has 1 saturated carbocycles. The van der Waals surface area contributed by atoms with Gasteiger partial charge in [-0.25, -0.2) is 0 Å². The molecular formula is C16H23NO4. The average molecular weight is 293 g/mol. The van der Waals surface area contributed by atoms with Crippen molar-refractivity contribution in [1.29, 1.82) is 0 Å². The summed E-state index contributed by atoms with van der Waals surface area (Å²) in [6.07, 6.45) is 1.05. The van der Waals surface area contributed by atoms with Crippen molar-refractivity contribution in [2.45, 2.75) is 51.3 Å². The maximum absolute atomic E-state index is 11.0. The highest BCUT2D eigenvalue weighted by Crippen LogP contribution is 2.32. The lowest BCUT2D eigenvalue weighted by Gasteiger charge is -2.25. The van der Waals surface area contributed by atoms with E-state index >= 15 is 0 Å². The minimum absolute atomic E-state index is 0.117. The van der Waals surface area contributed by atoms with Crippen LogP contribution in [-0.2, 0) is 4.79 Å². The number of carboxylic acids is 1. The normalized spacial score (nSPS) is 17.3. The number of aryl methyl sites for hydroxylation is 2. The van der Waals surface area contributed by atoms with Gasteiger partial charge in [0.25, 0.3) is 0 Å². The maximum atomic E-state index is 11.0. The van der Waals surface area contributed by atoms with E-state index in [9.17, 15) is 9.90 Å². The number of aliphatic hydroxyl groups excluding tert-OH is 1. The minimum Gasteiger partial charge on any atom is -0.496 e. The molecule has 2 atom stereocenters. The van der Waals surface area contributed by atoms with Gasteiger partial charge in [-0.2, -0.15) is 0 Å². The van der Waals surface area contributed by atoms with Crippen LogP contribution in [-0.4, -0.2) is 35.4 Å². The van der Waals surface area contributed by atoms with Crippen molar-refractivity contribution in [3.8, 4) is 5.75 Å². The second kappa shape index (κ2) is 6.45. The van der Waals surface area contributed by atoms with Crippen molar-refractivity contribution >= 4 is 5.97 Å². The van der Waals surface area contributed by atoms with E-state index in [1.807, 2.05) is 26.0 Å². The van der Waals surface area contributed by atoms with E-state index in [4.69, 9.17) is 9.84 Å². The van der Waals surface area contributed by atoms with Gasteiger partial charge in [0.15, 0.2) is 0 Å². The first-order chi connectivity index (χ1) is 9.92. The van der Waals surface area contributed by atoms with Gasteiger partial charge in [-0.05, 0) is 49.9 Å². The lowest BCUT2D eigenvalue weighted by Crippen LogP contribution is -2.38. The Morgan fingerprint density at radius 1 is 1.38 bits per heavy atom. The molecule has 116 valence electrons. The zero-order valence-electron chi connectivity index (χ0n) is 12.7. The van der Waals surface area contributed by atoms with Crippen LogP contribution in [0.4, 0.5) is 0 Å². The summed E-state index contributed by atoms with van der Waals surface area (Å²) in [7, 11) is 1.56. The van der Waals surface area contributed by atoms with E-state index in [0.29, 0.717) is 17.4 Å².